The van der Waals surface area contributed by atoms with Gasteiger partial charge in [-0.15, -0.1) is 0 Å². The molecule has 1 aliphatic rings. The third kappa shape index (κ3) is 2.53. The number of rotatable bonds is 4. The van der Waals surface area contributed by atoms with Gasteiger partial charge in [0.1, 0.15) is 12.2 Å². The van der Waals surface area contributed by atoms with Gasteiger partial charge < -0.3 is 19.3 Å². The van der Waals surface area contributed by atoms with Crippen LogP contribution in [0.5, 0.6) is 0 Å². The number of methoxy groups -OCH3 is 1. The van der Waals surface area contributed by atoms with E-state index in [-0.39, 0.29) is 24.2 Å². The van der Waals surface area contributed by atoms with E-state index in [0.29, 0.717) is 13.1 Å². The van der Waals surface area contributed by atoms with Gasteiger partial charge in [-0.3, -0.25) is 4.79 Å². The molecule has 98 valence electrons. The monoisotopic (exact) mass is 252 g/mol. The standard InChI is InChI=1S/C12H16N2O4/c1-18-9-4-6-14(7-9)11(15)8-13-5-2-3-10(13)12(16)17/h2-3,5,9H,4,6-8H2,1H3,(H,16,17). The number of nitrogens with zero attached hydrogens (tertiary/aromatic N) is 2. The minimum atomic E-state index is -1.02. The van der Waals surface area contributed by atoms with Crippen molar-refractivity contribution in [1.82, 2.24) is 9.47 Å². The van der Waals surface area contributed by atoms with Crippen LogP contribution in [0.1, 0.15) is 16.9 Å². The van der Waals surface area contributed by atoms with Crippen LogP contribution in [0, 0.1) is 0 Å². The highest BCUT2D eigenvalue weighted by atomic mass is 16.5. The van der Waals surface area contributed by atoms with Gasteiger partial charge in [0.2, 0.25) is 5.91 Å². The van der Waals surface area contributed by atoms with Gasteiger partial charge in [0, 0.05) is 26.4 Å². The summed E-state index contributed by atoms with van der Waals surface area (Å²) in [7, 11) is 1.63. The van der Waals surface area contributed by atoms with Crippen molar-refractivity contribution in [3.8, 4) is 0 Å². The maximum Gasteiger partial charge on any atom is 0.352 e. The molecule has 1 unspecified atom stereocenters. The molecule has 1 aromatic heterocycles. The maximum atomic E-state index is 12.0. The average Bonchev–Trinajstić information content (AvgIpc) is 2.96. The van der Waals surface area contributed by atoms with Gasteiger partial charge in [-0.25, -0.2) is 4.79 Å². The number of likely N-dealkylation sites (tertiary alicyclic amines) is 1. The molecule has 0 saturated carbocycles. The Balaban J connectivity index is 1.99. The topological polar surface area (TPSA) is 71.8 Å². The fourth-order valence-corrected chi connectivity index (χ4v) is 2.14. The summed E-state index contributed by atoms with van der Waals surface area (Å²) in [6, 6.07) is 3.11. The zero-order valence-electron chi connectivity index (χ0n) is 10.2. The Morgan fingerprint density at radius 1 is 1.56 bits per heavy atom. The lowest BCUT2D eigenvalue weighted by atomic mass is 10.3. The number of carboxylic acid groups (broad SMARTS) is 1. The first-order chi connectivity index (χ1) is 8.61. The van der Waals surface area contributed by atoms with Crippen LogP contribution in [0.3, 0.4) is 0 Å². The summed E-state index contributed by atoms with van der Waals surface area (Å²) in [4.78, 5) is 24.6. The summed E-state index contributed by atoms with van der Waals surface area (Å²) in [5.74, 6) is -1.10. The minimum absolute atomic E-state index is 0.0606. The Labute approximate surface area is 105 Å². The highest BCUT2D eigenvalue weighted by Crippen LogP contribution is 2.13. The molecule has 1 saturated heterocycles. The quantitative estimate of drug-likeness (QED) is 0.843. The molecule has 0 radical (unpaired) electrons. The fourth-order valence-electron chi connectivity index (χ4n) is 2.14. The van der Waals surface area contributed by atoms with E-state index < -0.39 is 5.97 Å². The molecule has 18 heavy (non-hydrogen) atoms. The zero-order chi connectivity index (χ0) is 13.1. The first-order valence-corrected chi connectivity index (χ1v) is 5.81. The van der Waals surface area contributed by atoms with Crippen molar-refractivity contribution in [2.24, 2.45) is 0 Å². The highest BCUT2D eigenvalue weighted by Gasteiger charge is 2.26. The predicted octanol–water partition coefficient (Wildman–Crippen LogP) is 0.434. The van der Waals surface area contributed by atoms with Crippen LogP contribution < -0.4 is 0 Å². The lowest BCUT2D eigenvalue weighted by Crippen LogP contribution is -2.33. The maximum absolute atomic E-state index is 12.0. The Bertz CT molecular complexity index is 455. The number of carboxylic acids is 1. The Morgan fingerprint density at radius 2 is 2.33 bits per heavy atom. The third-order valence-corrected chi connectivity index (χ3v) is 3.19. The molecule has 0 spiro atoms. The van der Waals surface area contributed by atoms with Gasteiger partial charge in [-0.2, -0.15) is 0 Å². The second-order valence-electron chi connectivity index (χ2n) is 4.31. The van der Waals surface area contributed by atoms with E-state index in [9.17, 15) is 9.59 Å². The summed E-state index contributed by atoms with van der Waals surface area (Å²) >= 11 is 0. The van der Waals surface area contributed by atoms with E-state index in [0.717, 1.165) is 6.42 Å². The molecule has 1 aromatic rings. The summed E-state index contributed by atoms with van der Waals surface area (Å²) in [5, 5.41) is 8.95. The lowest BCUT2D eigenvalue weighted by molar-refractivity contribution is -0.131. The summed E-state index contributed by atoms with van der Waals surface area (Å²) in [5.41, 5.74) is 0.130. The largest absolute Gasteiger partial charge is 0.477 e. The first-order valence-electron chi connectivity index (χ1n) is 5.81. The van der Waals surface area contributed by atoms with Crippen molar-refractivity contribution >= 4 is 11.9 Å². The Morgan fingerprint density at radius 3 is 2.94 bits per heavy atom. The van der Waals surface area contributed by atoms with Crippen LogP contribution >= 0.6 is 0 Å². The number of carbonyl (C=O) groups excluding carboxylic acids is 1. The molecule has 0 aromatic carbocycles. The molecule has 1 fully saturated rings. The van der Waals surface area contributed by atoms with Crippen LogP contribution in [0.2, 0.25) is 0 Å². The van der Waals surface area contributed by atoms with E-state index in [1.165, 1.54) is 10.6 Å². The number of hydrogen-bond donors (Lipinski definition) is 1. The number of aromatic carboxylic acids is 1. The van der Waals surface area contributed by atoms with Crippen LogP contribution in [0.25, 0.3) is 0 Å². The van der Waals surface area contributed by atoms with Crippen molar-refractivity contribution in [2.75, 3.05) is 20.2 Å². The van der Waals surface area contributed by atoms with Gasteiger partial charge in [0.05, 0.1) is 6.10 Å². The van der Waals surface area contributed by atoms with Crippen LogP contribution in [0.15, 0.2) is 18.3 Å². The number of ether oxygens (including phenoxy) is 1. The van der Waals surface area contributed by atoms with E-state index in [4.69, 9.17) is 9.84 Å². The van der Waals surface area contributed by atoms with Gasteiger partial charge >= 0.3 is 5.97 Å². The molecule has 6 heteroatoms. The van der Waals surface area contributed by atoms with Gasteiger partial charge in [0.15, 0.2) is 0 Å². The van der Waals surface area contributed by atoms with Crippen molar-refractivity contribution in [3.63, 3.8) is 0 Å². The minimum Gasteiger partial charge on any atom is -0.477 e. The van der Waals surface area contributed by atoms with E-state index in [2.05, 4.69) is 0 Å². The first kappa shape index (κ1) is 12.6. The molecule has 6 nitrogen and oxygen atoms in total. The summed E-state index contributed by atoms with van der Waals surface area (Å²) < 4.78 is 6.64. The lowest BCUT2D eigenvalue weighted by Gasteiger charge is -2.17. The van der Waals surface area contributed by atoms with Crippen molar-refractivity contribution in [2.45, 2.75) is 19.1 Å². The Hall–Kier alpha value is -1.82. The predicted molar refractivity (Wildman–Crippen MR) is 63.4 cm³/mol. The molecule has 2 heterocycles. The van der Waals surface area contributed by atoms with Crippen molar-refractivity contribution in [3.05, 3.63) is 24.0 Å². The zero-order valence-corrected chi connectivity index (χ0v) is 10.2. The second-order valence-corrected chi connectivity index (χ2v) is 4.31. The average molecular weight is 252 g/mol. The fraction of sp³-hybridized carbons (Fsp3) is 0.500. The van der Waals surface area contributed by atoms with Gasteiger partial charge in [0.25, 0.3) is 0 Å². The highest BCUT2D eigenvalue weighted by molar-refractivity contribution is 5.87. The summed E-state index contributed by atoms with van der Waals surface area (Å²) in [6.07, 6.45) is 2.53. The molecule has 1 aliphatic heterocycles. The number of aromatic nitrogens is 1. The SMILES string of the molecule is COC1CCN(C(=O)Cn2cccc2C(=O)O)C1. The van der Waals surface area contributed by atoms with Gasteiger partial charge in [-0.1, -0.05) is 0 Å². The van der Waals surface area contributed by atoms with E-state index >= 15 is 0 Å². The van der Waals surface area contributed by atoms with Crippen molar-refractivity contribution < 1.29 is 19.4 Å². The molecule has 1 atom stereocenters. The normalized spacial score (nSPS) is 19.2. The molecular formula is C12H16N2O4. The number of amides is 1. The Kier molecular flexibility index (Phi) is 3.66. The van der Waals surface area contributed by atoms with Crippen LogP contribution in [0.4, 0.5) is 0 Å². The molecule has 1 amide bonds. The number of carbonyl (C=O) groups is 2. The third-order valence-electron chi connectivity index (χ3n) is 3.19. The van der Waals surface area contributed by atoms with E-state index in [1.54, 1.807) is 24.3 Å². The van der Waals surface area contributed by atoms with Gasteiger partial charge in [-0.05, 0) is 18.6 Å². The van der Waals surface area contributed by atoms with E-state index in [1.807, 2.05) is 0 Å². The smallest absolute Gasteiger partial charge is 0.352 e. The van der Waals surface area contributed by atoms with Crippen molar-refractivity contribution in [1.29, 1.82) is 0 Å². The molecular weight excluding hydrogens is 236 g/mol. The molecule has 1 N–H and O–H groups in total. The van der Waals surface area contributed by atoms with Crippen LogP contribution in [-0.2, 0) is 16.1 Å². The molecule has 2 rings (SSSR count). The summed E-state index contributed by atoms with van der Waals surface area (Å²) in [6.45, 7) is 1.31. The number of hydrogen-bond acceptors (Lipinski definition) is 3. The second kappa shape index (κ2) is 5.22. The molecule has 0 bridgehead atoms. The van der Waals surface area contributed by atoms with Crippen LogP contribution in [-0.4, -0.2) is 52.8 Å². The molecule has 0 aliphatic carbocycles.